The summed E-state index contributed by atoms with van der Waals surface area (Å²) in [5, 5.41) is 3.31. The highest BCUT2D eigenvalue weighted by Crippen LogP contribution is 2.26. The maximum atomic E-state index is 5.79. The number of aryl methyl sites for hydroxylation is 1. The summed E-state index contributed by atoms with van der Waals surface area (Å²) < 4.78 is 8.86. The molecule has 20 heavy (non-hydrogen) atoms. The molecule has 0 saturated carbocycles. The van der Waals surface area contributed by atoms with Gasteiger partial charge in [-0.05, 0) is 46.6 Å². The number of benzene rings is 1. The van der Waals surface area contributed by atoms with Gasteiger partial charge < -0.3 is 14.6 Å². The minimum Gasteiger partial charge on any atom is -0.492 e. The van der Waals surface area contributed by atoms with Gasteiger partial charge in [-0.2, -0.15) is 0 Å². The van der Waals surface area contributed by atoms with Gasteiger partial charge in [0.25, 0.3) is 0 Å². The molecule has 0 aliphatic heterocycles. The van der Waals surface area contributed by atoms with Crippen LogP contribution in [-0.4, -0.2) is 22.7 Å². The number of nitrogens with one attached hydrogen (secondary N) is 1. The fraction of sp³-hybridized carbons (Fsp3) is 0.400. The Balaban J connectivity index is 1.77. The Hall–Kier alpha value is -1.33. The Bertz CT molecular complexity index is 514. The number of hydrogen-bond donors (Lipinski definition) is 1. The van der Waals surface area contributed by atoms with Crippen molar-refractivity contribution in [1.82, 2.24) is 14.9 Å². The average Bonchev–Trinajstić information content (AvgIpc) is 2.96. The number of nitrogens with zero attached hydrogens (tertiary/aromatic N) is 2. The molecule has 0 unspecified atom stereocenters. The summed E-state index contributed by atoms with van der Waals surface area (Å²) in [6, 6.07) is 6.22. The van der Waals surface area contributed by atoms with Gasteiger partial charge in [-0.3, -0.25) is 0 Å². The molecule has 5 heteroatoms. The van der Waals surface area contributed by atoms with Crippen LogP contribution >= 0.6 is 15.9 Å². The second-order valence-electron chi connectivity index (χ2n) is 4.55. The summed E-state index contributed by atoms with van der Waals surface area (Å²) in [6.45, 7) is 5.59. The largest absolute Gasteiger partial charge is 0.492 e. The van der Waals surface area contributed by atoms with Crippen LogP contribution in [0.5, 0.6) is 5.75 Å². The summed E-state index contributed by atoms with van der Waals surface area (Å²) in [5.74, 6) is 0.899. The average molecular weight is 338 g/mol. The molecule has 1 N–H and O–H groups in total. The van der Waals surface area contributed by atoms with Gasteiger partial charge in [-0.25, -0.2) is 4.98 Å². The highest BCUT2D eigenvalue weighted by Gasteiger charge is 2.02. The minimum absolute atomic E-state index is 0.698. The zero-order valence-corrected chi connectivity index (χ0v) is 13.3. The molecule has 2 rings (SSSR count). The van der Waals surface area contributed by atoms with E-state index in [9.17, 15) is 0 Å². The predicted octanol–water partition coefficient (Wildman–Crippen LogP) is 3.22. The van der Waals surface area contributed by atoms with Crippen LogP contribution in [0.1, 0.15) is 18.9 Å². The first-order valence-electron chi connectivity index (χ1n) is 6.87. The van der Waals surface area contributed by atoms with Crippen LogP contribution in [0.15, 0.2) is 41.4 Å². The van der Waals surface area contributed by atoms with Gasteiger partial charge in [0, 0.05) is 25.5 Å². The third kappa shape index (κ3) is 4.65. The Morgan fingerprint density at radius 3 is 3.00 bits per heavy atom. The molecule has 108 valence electrons. The van der Waals surface area contributed by atoms with E-state index in [4.69, 9.17) is 4.74 Å². The van der Waals surface area contributed by atoms with Gasteiger partial charge in [0.1, 0.15) is 5.75 Å². The van der Waals surface area contributed by atoms with E-state index in [-0.39, 0.29) is 0 Å². The van der Waals surface area contributed by atoms with Gasteiger partial charge in [0.15, 0.2) is 0 Å². The molecular formula is C15H20BrN3O. The molecule has 0 amide bonds. The van der Waals surface area contributed by atoms with Crippen LogP contribution in [0, 0.1) is 0 Å². The standard InChI is InChI=1S/C15H20BrN3O/c1-2-17-11-13-4-5-15(14(16)10-13)20-9-3-7-19-8-6-18-12-19/h4-6,8,10,12,17H,2-3,7,9,11H2,1H3. The smallest absolute Gasteiger partial charge is 0.133 e. The lowest BCUT2D eigenvalue weighted by atomic mass is 10.2. The highest BCUT2D eigenvalue weighted by molar-refractivity contribution is 9.10. The third-order valence-electron chi connectivity index (χ3n) is 2.95. The maximum absolute atomic E-state index is 5.79. The van der Waals surface area contributed by atoms with Crippen molar-refractivity contribution in [2.75, 3.05) is 13.2 Å². The first-order chi connectivity index (χ1) is 9.79. The van der Waals surface area contributed by atoms with Crippen molar-refractivity contribution in [1.29, 1.82) is 0 Å². The Morgan fingerprint density at radius 1 is 1.40 bits per heavy atom. The van der Waals surface area contributed by atoms with Gasteiger partial charge in [0.05, 0.1) is 17.4 Å². The zero-order chi connectivity index (χ0) is 14.2. The second-order valence-corrected chi connectivity index (χ2v) is 5.40. The molecule has 0 atom stereocenters. The Morgan fingerprint density at radius 2 is 2.30 bits per heavy atom. The summed E-state index contributed by atoms with van der Waals surface area (Å²) in [7, 11) is 0. The first-order valence-corrected chi connectivity index (χ1v) is 7.66. The van der Waals surface area contributed by atoms with Gasteiger partial charge >= 0.3 is 0 Å². The molecule has 0 bridgehead atoms. The quantitative estimate of drug-likeness (QED) is 0.751. The maximum Gasteiger partial charge on any atom is 0.133 e. The van der Waals surface area contributed by atoms with Crippen LogP contribution in [0.4, 0.5) is 0 Å². The van der Waals surface area contributed by atoms with Crippen LogP contribution in [-0.2, 0) is 13.1 Å². The molecule has 1 aromatic heterocycles. The lowest BCUT2D eigenvalue weighted by Crippen LogP contribution is -2.11. The number of rotatable bonds is 8. The number of halogens is 1. The van der Waals surface area contributed by atoms with Crippen molar-refractivity contribution in [3.8, 4) is 5.75 Å². The van der Waals surface area contributed by atoms with E-state index >= 15 is 0 Å². The van der Waals surface area contributed by atoms with Gasteiger partial charge in [-0.1, -0.05) is 13.0 Å². The van der Waals surface area contributed by atoms with E-state index in [0.717, 1.165) is 36.3 Å². The van der Waals surface area contributed by atoms with E-state index in [0.29, 0.717) is 6.61 Å². The van der Waals surface area contributed by atoms with Gasteiger partial charge in [0.2, 0.25) is 0 Å². The fourth-order valence-corrected chi connectivity index (χ4v) is 2.43. The van der Waals surface area contributed by atoms with Crippen molar-refractivity contribution in [2.45, 2.75) is 26.4 Å². The van der Waals surface area contributed by atoms with E-state index in [1.54, 1.807) is 6.20 Å². The molecular weight excluding hydrogens is 318 g/mol. The van der Waals surface area contributed by atoms with E-state index in [1.807, 2.05) is 18.6 Å². The SMILES string of the molecule is CCNCc1ccc(OCCCn2ccnc2)c(Br)c1. The Labute approximate surface area is 128 Å². The molecule has 0 radical (unpaired) electrons. The van der Waals surface area contributed by atoms with Crippen molar-refractivity contribution in [3.63, 3.8) is 0 Å². The molecule has 0 fully saturated rings. The number of hydrogen-bond acceptors (Lipinski definition) is 3. The molecule has 2 aromatic rings. The fourth-order valence-electron chi connectivity index (χ4n) is 1.89. The van der Waals surface area contributed by atoms with Crippen molar-refractivity contribution < 1.29 is 4.74 Å². The van der Waals surface area contributed by atoms with Crippen LogP contribution in [0.3, 0.4) is 0 Å². The lowest BCUT2D eigenvalue weighted by Gasteiger charge is -2.10. The van der Waals surface area contributed by atoms with Crippen molar-refractivity contribution in [3.05, 3.63) is 47.0 Å². The predicted molar refractivity (Wildman–Crippen MR) is 83.9 cm³/mol. The number of ether oxygens (including phenoxy) is 1. The van der Waals surface area contributed by atoms with Crippen molar-refractivity contribution in [2.24, 2.45) is 0 Å². The zero-order valence-electron chi connectivity index (χ0n) is 11.7. The molecule has 1 aromatic carbocycles. The molecule has 1 heterocycles. The number of imidazole rings is 1. The van der Waals surface area contributed by atoms with Gasteiger partial charge in [-0.15, -0.1) is 0 Å². The van der Waals surface area contributed by atoms with Crippen molar-refractivity contribution >= 4 is 15.9 Å². The van der Waals surface area contributed by atoms with E-state index < -0.39 is 0 Å². The Kier molecular flexibility index (Phi) is 6.08. The summed E-state index contributed by atoms with van der Waals surface area (Å²) in [5.41, 5.74) is 1.25. The molecule has 0 spiro atoms. The van der Waals surface area contributed by atoms with E-state index in [2.05, 4.69) is 49.9 Å². The monoisotopic (exact) mass is 337 g/mol. The van der Waals surface area contributed by atoms with Crippen LogP contribution in [0.2, 0.25) is 0 Å². The summed E-state index contributed by atoms with van der Waals surface area (Å²) >= 11 is 3.56. The van der Waals surface area contributed by atoms with Crippen LogP contribution < -0.4 is 10.1 Å². The normalized spacial score (nSPS) is 10.7. The molecule has 4 nitrogen and oxygen atoms in total. The number of aromatic nitrogens is 2. The highest BCUT2D eigenvalue weighted by atomic mass is 79.9. The lowest BCUT2D eigenvalue weighted by molar-refractivity contribution is 0.300. The summed E-state index contributed by atoms with van der Waals surface area (Å²) in [4.78, 5) is 4.02. The van der Waals surface area contributed by atoms with Crippen LogP contribution in [0.25, 0.3) is 0 Å². The topological polar surface area (TPSA) is 39.1 Å². The van der Waals surface area contributed by atoms with E-state index in [1.165, 1.54) is 5.56 Å². The molecule has 0 aliphatic rings. The first kappa shape index (κ1) is 15.1. The minimum atomic E-state index is 0.698. The second kappa shape index (κ2) is 8.07. The third-order valence-corrected chi connectivity index (χ3v) is 3.57. The molecule has 0 saturated heterocycles. The molecule has 0 aliphatic carbocycles. The summed E-state index contributed by atoms with van der Waals surface area (Å²) in [6.07, 6.45) is 6.54.